The fraction of sp³-hybridized carbons (Fsp3) is 0.105. The molecule has 4 aromatic rings. The van der Waals surface area contributed by atoms with Gasteiger partial charge in [0.1, 0.15) is 0 Å². The third-order valence-corrected chi connectivity index (χ3v) is 4.10. The molecule has 0 radical (unpaired) electrons. The predicted molar refractivity (Wildman–Crippen MR) is 99.2 cm³/mol. The van der Waals surface area contributed by atoms with Gasteiger partial charge in [0.2, 0.25) is 0 Å². The van der Waals surface area contributed by atoms with Crippen LogP contribution in [0, 0.1) is 0 Å². The van der Waals surface area contributed by atoms with E-state index in [1.54, 1.807) is 26.6 Å². The number of imidazole rings is 1. The zero-order valence-electron chi connectivity index (χ0n) is 14.4. The van der Waals surface area contributed by atoms with E-state index in [0.717, 1.165) is 22.5 Å². The van der Waals surface area contributed by atoms with Gasteiger partial charge in [-0.2, -0.15) is 0 Å². The Balaban J connectivity index is 1.82. The van der Waals surface area contributed by atoms with E-state index in [0.29, 0.717) is 23.0 Å². The van der Waals surface area contributed by atoms with Crippen LogP contribution in [-0.4, -0.2) is 33.6 Å². The minimum atomic E-state index is 0.359. The second kappa shape index (κ2) is 6.36. The molecular formula is C19H17N5O2. The predicted octanol–water partition coefficient (Wildman–Crippen LogP) is 3.06. The fourth-order valence-corrected chi connectivity index (χ4v) is 2.81. The summed E-state index contributed by atoms with van der Waals surface area (Å²) in [6, 6.07) is 9.45. The first-order chi connectivity index (χ1) is 12.7. The largest absolute Gasteiger partial charge is 0.493 e. The van der Waals surface area contributed by atoms with Crippen LogP contribution in [0.5, 0.6) is 11.5 Å². The minimum Gasteiger partial charge on any atom is -0.493 e. The van der Waals surface area contributed by atoms with Crippen LogP contribution >= 0.6 is 0 Å². The Morgan fingerprint density at radius 3 is 2.38 bits per heavy atom. The van der Waals surface area contributed by atoms with Crippen molar-refractivity contribution in [1.29, 1.82) is 0 Å². The maximum absolute atomic E-state index is 6.13. The lowest BCUT2D eigenvalue weighted by molar-refractivity contribution is 0.355. The second-order valence-corrected chi connectivity index (χ2v) is 5.68. The Kier molecular flexibility index (Phi) is 3.89. The number of pyridine rings is 1. The van der Waals surface area contributed by atoms with Gasteiger partial charge in [-0.05, 0) is 30.3 Å². The molecule has 0 bridgehead atoms. The number of anilines is 1. The summed E-state index contributed by atoms with van der Waals surface area (Å²) in [7, 11) is 3.21. The van der Waals surface area contributed by atoms with Gasteiger partial charge in [0.25, 0.3) is 0 Å². The monoisotopic (exact) mass is 347 g/mol. The first-order valence-electron chi connectivity index (χ1n) is 7.97. The van der Waals surface area contributed by atoms with Gasteiger partial charge in [-0.3, -0.25) is 4.98 Å². The van der Waals surface area contributed by atoms with Crippen molar-refractivity contribution in [1.82, 2.24) is 19.4 Å². The molecule has 3 aromatic heterocycles. The summed E-state index contributed by atoms with van der Waals surface area (Å²) in [6.07, 6.45) is 7.27. The van der Waals surface area contributed by atoms with Crippen LogP contribution in [-0.2, 0) is 0 Å². The summed E-state index contributed by atoms with van der Waals surface area (Å²) < 4.78 is 12.5. The van der Waals surface area contributed by atoms with Crippen LogP contribution in [0.25, 0.3) is 28.2 Å². The van der Waals surface area contributed by atoms with Gasteiger partial charge in [0.05, 0.1) is 25.6 Å². The van der Waals surface area contributed by atoms with Gasteiger partial charge in [-0.15, -0.1) is 0 Å². The molecule has 0 aliphatic carbocycles. The highest BCUT2D eigenvalue weighted by Crippen LogP contribution is 2.32. The number of hydrogen-bond acceptors (Lipinski definition) is 6. The minimum absolute atomic E-state index is 0.359. The Bertz CT molecular complexity index is 1080. The summed E-state index contributed by atoms with van der Waals surface area (Å²) in [5.74, 6) is 1.67. The molecule has 1 aromatic carbocycles. The van der Waals surface area contributed by atoms with Gasteiger partial charge in [-0.1, -0.05) is 0 Å². The average molecular weight is 347 g/mol. The highest BCUT2D eigenvalue weighted by atomic mass is 16.5. The fourth-order valence-electron chi connectivity index (χ4n) is 2.81. The Morgan fingerprint density at radius 2 is 1.69 bits per heavy atom. The van der Waals surface area contributed by atoms with E-state index < -0.39 is 0 Å². The summed E-state index contributed by atoms with van der Waals surface area (Å²) >= 11 is 0. The zero-order valence-corrected chi connectivity index (χ0v) is 14.4. The van der Waals surface area contributed by atoms with E-state index in [2.05, 4.69) is 15.0 Å². The molecule has 130 valence electrons. The number of benzene rings is 1. The molecule has 4 rings (SSSR count). The van der Waals surface area contributed by atoms with Crippen molar-refractivity contribution in [3.8, 4) is 34.0 Å². The molecule has 7 nitrogen and oxygen atoms in total. The smallest absolute Gasteiger partial charge is 0.180 e. The van der Waals surface area contributed by atoms with Crippen LogP contribution < -0.4 is 15.2 Å². The molecule has 0 amide bonds. The van der Waals surface area contributed by atoms with Crippen LogP contribution in [0.4, 0.5) is 5.82 Å². The van der Waals surface area contributed by atoms with Gasteiger partial charge >= 0.3 is 0 Å². The topological polar surface area (TPSA) is 87.6 Å². The normalized spacial score (nSPS) is 10.8. The van der Waals surface area contributed by atoms with E-state index in [4.69, 9.17) is 15.2 Å². The molecule has 7 heteroatoms. The Morgan fingerprint density at radius 1 is 0.923 bits per heavy atom. The second-order valence-electron chi connectivity index (χ2n) is 5.68. The molecule has 0 aliphatic rings. The van der Waals surface area contributed by atoms with E-state index in [1.165, 1.54) is 0 Å². The van der Waals surface area contributed by atoms with Crippen molar-refractivity contribution in [2.75, 3.05) is 20.0 Å². The summed E-state index contributed by atoms with van der Waals surface area (Å²) in [5.41, 5.74) is 10.0. The van der Waals surface area contributed by atoms with Crippen molar-refractivity contribution in [3.63, 3.8) is 0 Å². The number of nitrogens with zero attached hydrogens (tertiary/aromatic N) is 4. The Labute approximate surface area is 150 Å². The maximum Gasteiger partial charge on any atom is 0.180 e. The number of rotatable bonds is 4. The number of hydrogen-bond donors (Lipinski definition) is 1. The van der Waals surface area contributed by atoms with Crippen molar-refractivity contribution in [2.24, 2.45) is 0 Å². The van der Waals surface area contributed by atoms with E-state index in [-0.39, 0.29) is 0 Å². The van der Waals surface area contributed by atoms with Gasteiger partial charge in [0.15, 0.2) is 23.0 Å². The number of nitrogens with two attached hydrogens (primary N) is 1. The van der Waals surface area contributed by atoms with E-state index in [1.807, 2.05) is 47.1 Å². The van der Waals surface area contributed by atoms with E-state index in [9.17, 15) is 0 Å². The maximum atomic E-state index is 6.13. The van der Waals surface area contributed by atoms with Crippen molar-refractivity contribution >= 4 is 11.5 Å². The molecule has 0 spiro atoms. The third-order valence-electron chi connectivity index (χ3n) is 4.10. The Hall–Kier alpha value is -3.61. The van der Waals surface area contributed by atoms with Crippen molar-refractivity contribution in [3.05, 3.63) is 55.1 Å². The number of methoxy groups -OCH3 is 2. The van der Waals surface area contributed by atoms with Crippen LogP contribution in [0.2, 0.25) is 0 Å². The van der Waals surface area contributed by atoms with Gasteiger partial charge in [-0.25, -0.2) is 9.97 Å². The lowest BCUT2D eigenvalue weighted by Gasteiger charge is -2.08. The standard InChI is InChI=1S/C19H17N5O2/c1-25-16-6-5-12(8-17(16)26-2)14-10-24-11-15(13-4-3-7-21-9-13)22-18(20)19(24)23-14/h3-11H,1-2H3,(H2,20,22). The molecule has 0 atom stereocenters. The summed E-state index contributed by atoms with van der Waals surface area (Å²) in [4.78, 5) is 13.2. The third kappa shape index (κ3) is 2.69. The molecule has 0 unspecified atom stereocenters. The first-order valence-corrected chi connectivity index (χ1v) is 7.97. The molecule has 0 aliphatic heterocycles. The highest BCUT2D eigenvalue weighted by molar-refractivity contribution is 5.72. The van der Waals surface area contributed by atoms with Gasteiger partial charge in [0, 0.05) is 35.9 Å². The number of aromatic nitrogens is 4. The van der Waals surface area contributed by atoms with Gasteiger partial charge < -0.3 is 19.6 Å². The lowest BCUT2D eigenvalue weighted by Crippen LogP contribution is -1.98. The van der Waals surface area contributed by atoms with Crippen LogP contribution in [0.1, 0.15) is 0 Å². The van der Waals surface area contributed by atoms with Crippen molar-refractivity contribution in [2.45, 2.75) is 0 Å². The zero-order chi connectivity index (χ0) is 18.1. The summed E-state index contributed by atoms with van der Waals surface area (Å²) in [5, 5.41) is 0. The average Bonchev–Trinajstić information content (AvgIpc) is 3.13. The molecule has 0 saturated carbocycles. The molecule has 3 heterocycles. The molecule has 26 heavy (non-hydrogen) atoms. The number of fused-ring (bicyclic) bond motifs is 1. The molecule has 0 fully saturated rings. The number of nitrogen functional groups attached to an aromatic ring is 1. The molecule has 2 N–H and O–H groups in total. The first kappa shape index (κ1) is 15.9. The van der Waals surface area contributed by atoms with E-state index >= 15 is 0 Å². The number of ether oxygens (including phenoxy) is 2. The molecular weight excluding hydrogens is 330 g/mol. The summed E-state index contributed by atoms with van der Waals surface area (Å²) in [6.45, 7) is 0. The SMILES string of the molecule is COc1ccc(-c2cn3cc(-c4cccnc4)nc(N)c3n2)cc1OC. The van der Waals surface area contributed by atoms with Crippen LogP contribution in [0.15, 0.2) is 55.1 Å². The quantitative estimate of drug-likeness (QED) is 0.610. The molecule has 0 saturated heterocycles. The van der Waals surface area contributed by atoms with Crippen LogP contribution in [0.3, 0.4) is 0 Å². The lowest BCUT2D eigenvalue weighted by atomic mass is 10.1. The van der Waals surface area contributed by atoms with Crippen molar-refractivity contribution < 1.29 is 9.47 Å². The highest BCUT2D eigenvalue weighted by Gasteiger charge is 2.13.